The Labute approximate surface area is 49.7 Å². The molecule has 0 aromatic carbocycles. The Balaban J connectivity index is 3.13. The molecule has 3 nitrogen and oxygen atoms in total. The van der Waals surface area contributed by atoms with Gasteiger partial charge in [0.1, 0.15) is 0 Å². The molecule has 0 bridgehead atoms. The molecule has 0 fully saturated rings. The summed E-state index contributed by atoms with van der Waals surface area (Å²) in [4.78, 5) is 9.36. The Hall–Kier alpha value is -0.0505. The molecule has 0 aliphatic carbocycles. The maximum atomic E-state index is 9.71. The summed E-state index contributed by atoms with van der Waals surface area (Å²) in [5, 5.41) is 7.98. The molecule has 0 amide bonds. The number of carboxylic acids is 1. The van der Waals surface area contributed by atoms with Crippen molar-refractivity contribution in [2.45, 2.75) is 11.4 Å². The Bertz CT molecular complexity index is 73.3. The molecule has 0 aromatic heterocycles. The van der Waals surface area contributed by atoms with Gasteiger partial charge in [-0.2, -0.15) is 0 Å². The summed E-state index contributed by atoms with van der Waals surface area (Å²) in [6.07, 6.45) is 0. The van der Waals surface area contributed by atoms with Crippen LogP contribution in [-0.2, 0) is 4.79 Å². The van der Waals surface area contributed by atoms with Gasteiger partial charge < -0.3 is 0 Å². The number of carboxylic acid groups (broad SMARTS) is 1. The normalized spacial score (nSPS) is 13.4. The predicted octanol–water partition coefficient (Wildman–Crippen LogP) is -1.09. The van der Waals surface area contributed by atoms with Gasteiger partial charge >= 0.3 is 49.0 Å². The van der Waals surface area contributed by atoms with Crippen LogP contribution in [-0.4, -0.2) is 32.0 Å². The minimum atomic E-state index is -0.869. The fourth-order valence-electron chi connectivity index (χ4n) is 0.172. The van der Waals surface area contributed by atoms with Crippen molar-refractivity contribution in [1.29, 1.82) is 0 Å². The third-order valence-corrected chi connectivity index (χ3v) is 0.725. The third kappa shape index (κ3) is 5.95. The maximum absolute atomic E-state index is 9.71. The van der Waals surface area contributed by atoms with Gasteiger partial charge in [0.2, 0.25) is 0 Å². The zero-order valence-corrected chi connectivity index (χ0v) is 5.34. The third-order valence-electron chi connectivity index (χ3n) is 0.376. The van der Waals surface area contributed by atoms with Crippen molar-refractivity contribution in [3.8, 4) is 0 Å². The van der Waals surface area contributed by atoms with E-state index in [2.05, 4.69) is 16.0 Å². The summed E-state index contributed by atoms with van der Waals surface area (Å²) in [6.45, 7) is 0. The molecule has 0 heterocycles. The van der Waals surface area contributed by atoms with Crippen molar-refractivity contribution in [3.05, 3.63) is 0 Å². The van der Waals surface area contributed by atoms with Gasteiger partial charge in [-0.25, -0.2) is 0 Å². The Kier molecular flexibility index (Phi) is 3.00. The van der Waals surface area contributed by atoms with Crippen LogP contribution in [0.5, 0.6) is 0 Å². The molecule has 4 heteroatoms. The molecule has 0 spiro atoms. The summed E-state index contributed by atoms with van der Waals surface area (Å²) in [6, 6.07) is 0. The van der Waals surface area contributed by atoms with E-state index in [0.29, 0.717) is 0 Å². The van der Waals surface area contributed by atoms with Gasteiger partial charge in [-0.1, -0.05) is 0 Å². The Morgan fingerprint density at radius 1 is 2.00 bits per heavy atom. The number of hydrogen-bond donors (Lipinski definition) is 2. The van der Waals surface area contributed by atoms with E-state index in [0.717, 1.165) is 0 Å². The predicted molar refractivity (Wildman–Crippen MR) is 26.0 cm³/mol. The van der Waals surface area contributed by atoms with Gasteiger partial charge in [-0.05, 0) is 0 Å². The molecular weight excluding hydrogens is 161 g/mol. The van der Waals surface area contributed by atoms with E-state index in [1.54, 1.807) is 0 Å². The zero-order chi connectivity index (χ0) is 5.86. The standard InChI is InChI=1S/C3H6NO2Se/c4-2(7)1-3(5)6/h2H,1,4H2,(H,5,6)/t2-/m1/s1. The van der Waals surface area contributed by atoms with Gasteiger partial charge in [0.25, 0.3) is 0 Å². The monoisotopic (exact) mass is 168 g/mol. The quantitative estimate of drug-likeness (QED) is 0.514. The first kappa shape index (κ1) is 6.95. The van der Waals surface area contributed by atoms with Crippen molar-refractivity contribution >= 4 is 22.0 Å². The van der Waals surface area contributed by atoms with E-state index in [-0.39, 0.29) is 11.4 Å². The molecule has 0 saturated heterocycles. The molecule has 7 heavy (non-hydrogen) atoms. The van der Waals surface area contributed by atoms with E-state index in [4.69, 9.17) is 10.8 Å². The summed E-state index contributed by atoms with van der Waals surface area (Å²) < 4.78 is 0. The van der Waals surface area contributed by atoms with Crippen molar-refractivity contribution in [2.24, 2.45) is 5.73 Å². The van der Waals surface area contributed by atoms with Crippen LogP contribution in [0.2, 0.25) is 0 Å². The van der Waals surface area contributed by atoms with Crippen LogP contribution < -0.4 is 5.73 Å². The van der Waals surface area contributed by atoms with E-state index < -0.39 is 5.97 Å². The summed E-state index contributed by atoms with van der Waals surface area (Å²) in [5.74, 6) is -0.869. The number of nitrogens with two attached hydrogens (primary N) is 1. The average molecular weight is 167 g/mol. The second-order valence-electron chi connectivity index (χ2n) is 1.14. The molecule has 41 valence electrons. The molecule has 0 rings (SSSR count). The average Bonchev–Trinajstić information content (AvgIpc) is 1.27. The van der Waals surface area contributed by atoms with Crippen molar-refractivity contribution < 1.29 is 9.90 Å². The van der Waals surface area contributed by atoms with E-state index in [1.165, 1.54) is 0 Å². The zero-order valence-electron chi connectivity index (χ0n) is 3.63. The van der Waals surface area contributed by atoms with Gasteiger partial charge in [0.15, 0.2) is 0 Å². The molecule has 3 N–H and O–H groups in total. The number of rotatable bonds is 2. The second-order valence-corrected chi connectivity index (χ2v) is 2.41. The van der Waals surface area contributed by atoms with Crippen LogP contribution in [0.1, 0.15) is 6.42 Å². The molecular formula is C3H6NO2Se. The van der Waals surface area contributed by atoms with Crippen molar-refractivity contribution in [2.75, 3.05) is 0 Å². The fraction of sp³-hybridized carbons (Fsp3) is 0.667. The second kappa shape index (κ2) is 3.02. The van der Waals surface area contributed by atoms with Crippen LogP contribution in [0.25, 0.3) is 0 Å². The van der Waals surface area contributed by atoms with Gasteiger partial charge in [-0.3, -0.25) is 0 Å². The molecule has 0 saturated carbocycles. The van der Waals surface area contributed by atoms with Gasteiger partial charge in [0.05, 0.1) is 0 Å². The van der Waals surface area contributed by atoms with Crippen LogP contribution in [0.15, 0.2) is 0 Å². The molecule has 0 aliphatic rings. The molecule has 0 aromatic rings. The summed E-state index contributed by atoms with van der Waals surface area (Å²) >= 11 is 2.47. The summed E-state index contributed by atoms with van der Waals surface area (Å²) in [7, 11) is 0. The first-order valence-corrected chi connectivity index (χ1v) is 2.75. The van der Waals surface area contributed by atoms with Crippen LogP contribution in [0, 0.1) is 0 Å². The SMILES string of the molecule is N[C@H]([Se])CC(=O)O. The number of aliphatic carboxylic acids is 1. The molecule has 1 radical (unpaired) electrons. The van der Waals surface area contributed by atoms with Crippen LogP contribution in [0.4, 0.5) is 0 Å². The van der Waals surface area contributed by atoms with Crippen LogP contribution in [0.3, 0.4) is 0 Å². The van der Waals surface area contributed by atoms with Crippen LogP contribution >= 0.6 is 0 Å². The van der Waals surface area contributed by atoms with E-state index in [9.17, 15) is 4.79 Å². The number of carbonyl (C=O) groups is 1. The minimum absolute atomic E-state index is 0. The Morgan fingerprint density at radius 2 is 2.43 bits per heavy atom. The first-order valence-electron chi connectivity index (χ1n) is 1.76. The first-order chi connectivity index (χ1) is 3.13. The molecule has 0 aliphatic heterocycles. The van der Waals surface area contributed by atoms with E-state index in [1.807, 2.05) is 0 Å². The summed E-state index contributed by atoms with van der Waals surface area (Å²) in [5.41, 5.74) is 5.06. The number of hydrogen-bond acceptors (Lipinski definition) is 2. The molecule has 1 atom stereocenters. The van der Waals surface area contributed by atoms with Crippen molar-refractivity contribution in [3.63, 3.8) is 0 Å². The fourth-order valence-corrected chi connectivity index (χ4v) is 0.471. The Morgan fingerprint density at radius 3 is 2.43 bits per heavy atom. The van der Waals surface area contributed by atoms with E-state index >= 15 is 0 Å². The molecule has 0 unspecified atom stereocenters. The van der Waals surface area contributed by atoms with Crippen molar-refractivity contribution in [1.82, 2.24) is 0 Å². The van der Waals surface area contributed by atoms with Gasteiger partial charge in [0, 0.05) is 0 Å². The van der Waals surface area contributed by atoms with Gasteiger partial charge in [-0.15, -0.1) is 0 Å². The topological polar surface area (TPSA) is 63.3 Å².